The van der Waals surface area contributed by atoms with E-state index in [1.54, 1.807) is 19.3 Å². The van der Waals surface area contributed by atoms with Crippen LogP contribution in [0.5, 0.6) is 0 Å². The van der Waals surface area contributed by atoms with Crippen LogP contribution in [-0.4, -0.2) is 15.2 Å². The lowest BCUT2D eigenvalue weighted by Gasteiger charge is -2.00. The van der Waals surface area contributed by atoms with Crippen LogP contribution in [0, 0.1) is 6.92 Å². The Kier molecular flexibility index (Phi) is 3.04. The third kappa shape index (κ3) is 2.85. The van der Waals surface area contributed by atoms with E-state index in [1.165, 1.54) is 5.56 Å². The molecule has 78 valence electrons. The minimum absolute atomic E-state index is 0.586. The fraction of sp³-hybridized carbons (Fsp3) is 0.300. The molecule has 0 saturated carbocycles. The maximum absolute atomic E-state index is 5.22. The lowest BCUT2D eigenvalue weighted by Crippen LogP contribution is -2.12. The van der Waals surface area contributed by atoms with Crippen molar-refractivity contribution in [3.63, 3.8) is 0 Å². The molecular formula is C10H12N4O. The van der Waals surface area contributed by atoms with Crippen LogP contribution in [0.2, 0.25) is 0 Å². The largest absolute Gasteiger partial charge is 0.424 e. The first-order valence-electron chi connectivity index (χ1n) is 4.73. The summed E-state index contributed by atoms with van der Waals surface area (Å²) in [6.45, 7) is 3.13. The summed E-state index contributed by atoms with van der Waals surface area (Å²) in [5.74, 6) is 1.21. The van der Waals surface area contributed by atoms with E-state index in [2.05, 4.69) is 20.5 Å². The summed E-state index contributed by atoms with van der Waals surface area (Å²) in [5, 5.41) is 10.8. The zero-order valence-corrected chi connectivity index (χ0v) is 8.47. The maximum atomic E-state index is 5.22. The Morgan fingerprint density at radius 1 is 1.20 bits per heavy atom. The van der Waals surface area contributed by atoms with Crippen molar-refractivity contribution < 1.29 is 4.42 Å². The summed E-state index contributed by atoms with van der Waals surface area (Å²) in [6, 6.07) is 3.93. The second kappa shape index (κ2) is 4.65. The standard InChI is InChI=1S/C10H12N4O/c1-8-13-14-10(15-8)7-12-6-9-2-4-11-5-3-9/h2-5,12H,6-7H2,1H3. The monoisotopic (exact) mass is 204 g/mol. The minimum Gasteiger partial charge on any atom is -0.424 e. The molecule has 2 rings (SSSR count). The van der Waals surface area contributed by atoms with E-state index in [-0.39, 0.29) is 0 Å². The Balaban J connectivity index is 1.80. The Morgan fingerprint density at radius 3 is 2.67 bits per heavy atom. The van der Waals surface area contributed by atoms with Crippen molar-refractivity contribution in [3.8, 4) is 0 Å². The van der Waals surface area contributed by atoms with E-state index in [0.29, 0.717) is 18.3 Å². The van der Waals surface area contributed by atoms with Crippen LogP contribution in [0.15, 0.2) is 28.9 Å². The van der Waals surface area contributed by atoms with Crippen molar-refractivity contribution in [3.05, 3.63) is 41.9 Å². The summed E-state index contributed by atoms with van der Waals surface area (Å²) in [7, 11) is 0. The summed E-state index contributed by atoms with van der Waals surface area (Å²) in [4.78, 5) is 3.95. The first-order valence-corrected chi connectivity index (χ1v) is 4.73. The molecule has 0 radical (unpaired) electrons. The Labute approximate surface area is 87.6 Å². The fourth-order valence-electron chi connectivity index (χ4n) is 1.22. The molecule has 0 bridgehead atoms. The van der Waals surface area contributed by atoms with Crippen LogP contribution in [0.3, 0.4) is 0 Å². The van der Waals surface area contributed by atoms with Gasteiger partial charge in [-0.2, -0.15) is 0 Å². The van der Waals surface area contributed by atoms with Gasteiger partial charge in [0.2, 0.25) is 11.8 Å². The van der Waals surface area contributed by atoms with E-state index >= 15 is 0 Å². The number of rotatable bonds is 4. The van der Waals surface area contributed by atoms with E-state index < -0.39 is 0 Å². The molecule has 0 atom stereocenters. The number of nitrogens with zero attached hydrogens (tertiary/aromatic N) is 3. The number of aromatic nitrogens is 3. The van der Waals surface area contributed by atoms with Gasteiger partial charge in [-0.1, -0.05) is 0 Å². The van der Waals surface area contributed by atoms with Gasteiger partial charge in [0.1, 0.15) is 0 Å². The topological polar surface area (TPSA) is 63.8 Å². The van der Waals surface area contributed by atoms with Gasteiger partial charge in [-0.15, -0.1) is 10.2 Å². The number of hydrogen-bond acceptors (Lipinski definition) is 5. The third-order valence-electron chi connectivity index (χ3n) is 1.92. The third-order valence-corrected chi connectivity index (χ3v) is 1.92. The summed E-state index contributed by atoms with van der Waals surface area (Å²) in [5.41, 5.74) is 1.18. The van der Waals surface area contributed by atoms with Gasteiger partial charge in [0.05, 0.1) is 6.54 Å². The number of pyridine rings is 1. The molecule has 15 heavy (non-hydrogen) atoms. The van der Waals surface area contributed by atoms with Crippen LogP contribution >= 0.6 is 0 Å². The molecule has 5 heteroatoms. The fourth-order valence-corrected chi connectivity index (χ4v) is 1.22. The molecule has 0 amide bonds. The molecular weight excluding hydrogens is 192 g/mol. The summed E-state index contributed by atoms with van der Waals surface area (Å²) < 4.78 is 5.22. The Morgan fingerprint density at radius 2 is 2.00 bits per heavy atom. The van der Waals surface area contributed by atoms with Crippen molar-refractivity contribution in [2.24, 2.45) is 0 Å². The van der Waals surface area contributed by atoms with Crippen LogP contribution < -0.4 is 5.32 Å². The highest BCUT2D eigenvalue weighted by Crippen LogP contribution is 1.99. The predicted octanol–water partition coefficient (Wildman–Crippen LogP) is 1.06. The maximum Gasteiger partial charge on any atom is 0.230 e. The normalized spacial score (nSPS) is 10.5. The van der Waals surface area contributed by atoms with Gasteiger partial charge < -0.3 is 9.73 Å². The quantitative estimate of drug-likeness (QED) is 0.806. The van der Waals surface area contributed by atoms with Crippen LogP contribution in [0.1, 0.15) is 17.3 Å². The zero-order valence-electron chi connectivity index (χ0n) is 8.47. The van der Waals surface area contributed by atoms with Gasteiger partial charge in [0, 0.05) is 25.9 Å². The van der Waals surface area contributed by atoms with Crippen molar-refractivity contribution in [2.45, 2.75) is 20.0 Å². The van der Waals surface area contributed by atoms with Crippen molar-refractivity contribution >= 4 is 0 Å². The number of hydrogen-bond donors (Lipinski definition) is 1. The second-order valence-electron chi connectivity index (χ2n) is 3.17. The van der Waals surface area contributed by atoms with Crippen molar-refractivity contribution in [2.75, 3.05) is 0 Å². The highest BCUT2D eigenvalue weighted by atomic mass is 16.4. The molecule has 2 heterocycles. The molecule has 5 nitrogen and oxygen atoms in total. The zero-order chi connectivity index (χ0) is 10.5. The molecule has 0 unspecified atom stereocenters. The molecule has 1 N–H and O–H groups in total. The van der Waals surface area contributed by atoms with E-state index in [1.807, 2.05) is 12.1 Å². The van der Waals surface area contributed by atoms with Crippen molar-refractivity contribution in [1.29, 1.82) is 0 Å². The van der Waals surface area contributed by atoms with Gasteiger partial charge in [0.15, 0.2) is 0 Å². The highest BCUT2D eigenvalue weighted by molar-refractivity contribution is 5.08. The van der Waals surface area contributed by atoms with E-state index in [0.717, 1.165) is 6.54 Å². The van der Waals surface area contributed by atoms with Gasteiger partial charge >= 0.3 is 0 Å². The first-order chi connectivity index (χ1) is 7.34. The smallest absolute Gasteiger partial charge is 0.230 e. The molecule has 2 aromatic heterocycles. The van der Waals surface area contributed by atoms with E-state index in [4.69, 9.17) is 4.42 Å². The Hall–Kier alpha value is -1.75. The van der Waals surface area contributed by atoms with Gasteiger partial charge in [-0.25, -0.2) is 0 Å². The average molecular weight is 204 g/mol. The molecule has 0 aliphatic heterocycles. The predicted molar refractivity (Wildman–Crippen MR) is 53.8 cm³/mol. The minimum atomic E-state index is 0.586. The first kappa shape index (κ1) is 9.79. The lowest BCUT2D eigenvalue weighted by molar-refractivity contribution is 0.446. The summed E-state index contributed by atoms with van der Waals surface area (Å²) in [6.07, 6.45) is 3.54. The average Bonchev–Trinajstić information content (AvgIpc) is 2.66. The number of nitrogens with one attached hydrogen (secondary N) is 1. The molecule has 0 saturated heterocycles. The van der Waals surface area contributed by atoms with Crippen LogP contribution in [0.4, 0.5) is 0 Å². The van der Waals surface area contributed by atoms with Crippen molar-refractivity contribution in [1.82, 2.24) is 20.5 Å². The molecule has 0 aliphatic carbocycles. The summed E-state index contributed by atoms with van der Waals surface area (Å²) >= 11 is 0. The highest BCUT2D eigenvalue weighted by Gasteiger charge is 2.00. The van der Waals surface area contributed by atoms with Gasteiger partial charge in [-0.3, -0.25) is 4.98 Å². The molecule has 0 spiro atoms. The van der Waals surface area contributed by atoms with E-state index in [9.17, 15) is 0 Å². The molecule has 0 fully saturated rings. The second-order valence-corrected chi connectivity index (χ2v) is 3.17. The van der Waals surface area contributed by atoms with Gasteiger partial charge in [-0.05, 0) is 17.7 Å². The Bertz CT molecular complexity index is 412. The lowest BCUT2D eigenvalue weighted by atomic mass is 10.3. The molecule has 2 aromatic rings. The SMILES string of the molecule is Cc1nnc(CNCc2ccncc2)o1. The van der Waals surface area contributed by atoms with Crippen LogP contribution in [0.25, 0.3) is 0 Å². The molecule has 0 aromatic carbocycles. The van der Waals surface area contributed by atoms with Gasteiger partial charge in [0.25, 0.3) is 0 Å². The number of aryl methyl sites for hydroxylation is 1. The molecule has 0 aliphatic rings. The van der Waals surface area contributed by atoms with Crippen LogP contribution in [-0.2, 0) is 13.1 Å².